The number of hydrogen-bond acceptors (Lipinski definition) is 3. The van der Waals surface area contributed by atoms with Gasteiger partial charge >= 0.3 is 0 Å². The topological polar surface area (TPSA) is 47.4 Å². The molecule has 1 amide bonds. The minimum atomic E-state index is -0.314. The van der Waals surface area contributed by atoms with Crippen LogP contribution in [0.3, 0.4) is 0 Å². The van der Waals surface area contributed by atoms with Gasteiger partial charge in [-0.05, 0) is 70.5 Å². The third-order valence-corrected chi connectivity index (χ3v) is 5.20. The predicted octanol–water partition coefficient (Wildman–Crippen LogP) is 5.22. The standard InChI is InChI=1S/C24H28FN3O2/c1-16(2)27(5)23(29)15-14-22-18(4)26-28(20-10-8-19(25)9-11-20)24(22)30-21-12-6-17(3)7-13-21/h6-13,16H,14-15H2,1-5H3. The molecule has 0 aliphatic rings. The monoisotopic (exact) mass is 409 g/mol. The first-order valence-electron chi connectivity index (χ1n) is 10.1. The van der Waals surface area contributed by atoms with E-state index in [0.717, 1.165) is 16.8 Å². The molecule has 0 saturated carbocycles. The molecular formula is C24H28FN3O2. The molecule has 0 N–H and O–H groups in total. The van der Waals surface area contributed by atoms with Gasteiger partial charge in [-0.25, -0.2) is 9.07 Å². The van der Waals surface area contributed by atoms with Crippen LogP contribution >= 0.6 is 0 Å². The van der Waals surface area contributed by atoms with Crippen LogP contribution in [0, 0.1) is 19.7 Å². The summed E-state index contributed by atoms with van der Waals surface area (Å²) in [6, 6.07) is 14.0. The summed E-state index contributed by atoms with van der Waals surface area (Å²) in [7, 11) is 1.81. The maximum absolute atomic E-state index is 13.4. The molecule has 0 aliphatic carbocycles. The fourth-order valence-corrected chi connectivity index (χ4v) is 3.10. The molecule has 5 nitrogen and oxygen atoms in total. The van der Waals surface area contributed by atoms with E-state index in [0.29, 0.717) is 30.2 Å². The molecule has 3 aromatic rings. The van der Waals surface area contributed by atoms with E-state index in [-0.39, 0.29) is 17.8 Å². The second kappa shape index (κ2) is 9.11. The average molecular weight is 410 g/mol. The van der Waals surface area contributed by atoms with E-state index in [4.69, 9.17) is 4.74 Å². The number of amides is 1. The number of halogens is 1. The van der Waals surface area contributed by atoms with Crippen molar-refractivity contribution < 1.29 is 13.9 Å². The highest BCUT2D eigenvalue weighted by Gasteiger charge is 2.21. The van der Waals surface area contributed by atoms with Crippen LogP contribution in [0.2, 0.25) is 0 Å². The van der Waals surface area contributed by atoms with Gasteiger partial charge in [0.25, 0.3) is 0 Å². The smallest absolute Gasteiger partial charge is 0.226 e. The quantitative estimate of drug-likeness (QED) is 0.537. The third-order valence-electron chi connectivity index (χ3n) is 5.20. The number of benzene rings is 2. The summed E-state index contributed by atoms with van der Waals surface area (Å²) in [5.74, 6) is 0.977. The lowest BCUT2D eigenvalue weighted by molar-refractivity contribution is -0.131. The van der Waals surface area contributed by atoms with Crippen molar-refractivity contribution in [3.63, 3.8) is 0 Å². The van der Waals surface area contributed by atoms with Crippen LogP contribution in [0.5, 0.6) is 11.6 Å². The molecule has 0 saturated heterocycles. The molecule has 0 aliphatic heterocycles. The number of hydrogen-bond donors (Lipinski definition) is 0. The molecule has 0 radical (unpaired) electrons. The van der Waals surface area contributed by atoms with Gasteiger partial charge in [0.2, 0.25) is 11.8 Å². The minimum Gasteiger partial charge on any atom is -0.439 e. The Morgan fingerprint density at radius 1 is 1.10 bits per heavy atom. The molecule has 158 valence electrons. The highest BCUT2D eigenvalue weighted by molar-refractivity contribution is 5.76. The summed E-state index contributed by atoms with van der Waals surface area (Å²) in [5.41, 5.74) is 3.47. The lowest BCUT2D eigenvalue weighted by atomic mass is 10.1. The largest absolute Gasteiger partial charge is 0.439 e. The van der Waals surface area contributed by atoms with Crippen LogP contribution < -0.4 is 4.74 Å². The van der Waals surface area contributed by atoms with Gasteiger partial charge in [-0.15, -0.1) is 0 Å². The first-order chi connectivity index (χ1) is 14.3. The van der Waals surface area contributed by atoms with Crippen molar-refractivity contribution >= 4 is 5.91 Å². The molecule has 0 spiro atoms. The highest BCUT2D eigenvalue weighted by atomic mass is 19.1. The van der Waals surface area contributed by atoms with Gasteiger partial charge in [0.15, 0.2) is 0 Å². The normalized spacial score (nSPS) is 11.0. The number of rotatable bonds is 7. The second-order valence-electron chi connectivity index (χ2n) is 7.77. The fraction of sp³-hybridized carbons (Fsp3) is 0.333. The van der Waals surface area contributed by atoms with Crippen LogP contribution in [-0.4, -0.2) is 33.7 Å². The maximum atomic E-state index is 13.4. The lowest BCUT2D eigenvalue weighted by Gasteiger charge is -2.21. The van der Waals surface area contributed by atoms with Crippen molar-refractivity contribution in [2.75, 3.05) is 7.05 Å². The van der Waals surface area contributed by atoms with Crippen molar-refractivity contribution in [2.45, 2.75) is 46.6 Å². The van der Waals surface area contributed by atoms with Crippen LogP contribution in [0.4, 0.5) is 4.39 Å². The maximum Gasteiger partial charge on any atom is 0.226 e. The van der Waals surface area contributed by atoms with Crippen molar-refractivity contribution in [1.29, 1.82) is 0 Å². The number of carbonyl (C=O) groups excluding carboxylic acids is 1. The van der Waals surface area contributed by atoms with Crippen LogP contribution in [0.1, 0.15) is 37.1 Å². The number of aryl methyl sites for hydroxylation is 2. The Morgan fingerprint density at radius 3 is 2.33 bits per heavy atom. The Kier molecular flexibility index (Phi) is 6.55. The van der Waals surface area contributed by atoms with E-state index in [1.54, 1.807) is 21.7 Å². The van der Waals surface area contributed by atoms with Crippen LogP contribution in [0.25, 0.3) is 5.69 Å². The van der Waals surface area contributed by atoms with Crippen molar-refractivity contribution in [3.05, 3.63) is 71.2 Å². The molecule has 0 bridgehead atoms. The summed E-state index contributed by atoms with van der Waals surface area (Å²) in [6.07, 6.45) is 0.860. The molecule has 1 aromatic heterocycles. The van der Waals surface area contributed by atoms with Crippen molar-refractivity contribution in [3.8, 4) is 17.3 Å². The van der Waals surface area contributed by atoms with E-state index < -0.39 is 0 Å². The first-order valence-corrected chi connectivity index (χ1v) is 10.1. The Morgan fingerprint density at radius 2 is 1.73 bits per heavy atom. The summed E-state index contributed by atoms with van der Waals surface area (Å²) < 4.78 is 21.3. The van der Waals surface area contributed by atoms with Gasteiger partial charge in [-0.3, -0.25) is 4.79 Å². The van der Waals surface area contributed by atoms with Crippen molar-refractivity contribution in [2.24, 2.45) is 0 Å². The molecule has 1 heterocycles. The highest BCUT2D eigenvalue weighted by Crippen LogP contribution is 2.32. The molecule has 3 rings (SSSR count). The SMILES string of the molecule is Cc1ccc(Oc2c(CCC(=O)N(C)C(C)C)c(C)nn2-c2ccc(F)cc2)cc1. The molecule has 2 aromatic carbocycles. The van der Waals surface area contributed by atoms with Gasteiger partial charge in [0, 0.05) is 25.1 Å². The lowest BCUT2D eigenvalue weighted by Crippen LogP contribution is -2.33. The summed E-state index contributed by atoms with van der Waals surface area (Å²) in [4.78, 5) is 14.2. The zero-order chi connectivity index (χ0) is 21.8. The minimum absolute atomic E-state index is 0.0696. The van der Waals surface area contributed by atoms with Gasteiger partial charge < -0.3 is 9.64 Å². The summed E-state index contributed by atoms with van der Waals surface area (Å²) in [6.45, 7) is 7.89. The number of aromatic nitrogens is 2. The van der Waals surface area contributed by atoms with Gasteiger partial charge in [-0.2, -0.15) is 5.10 Å². The predicted molar refractivity (Wildman–Crippen MR) is 116 cm³/mol. The van der Waals surface area contributed by atoms with E-state index in [9.17, 15) is 9.18 Å². The Bertz CT molecular complexity index is 1010. The molecule has 0 fully saturated rings. The molecule has 0 unspecified atom stereocenters. The first kappa shape index (κ1) is 21.6. The molecule has 6 heteroatoms. The van der Waals surface area contributed by atoms with Gasteiger partial charge in [0.05, 0.1) is 11.4 Å². The zero-order valence-electron chi connectivity index (χ0n) is 18.1. The van der Waals surface area contributed by atoms with E-state index in [1.165, 1.54) is 12.1 Å². The van der Waals surface area contributed by atoms with E-state index in [1.807, 2.05) is 59.0 Å². The van der Waals surface area contributed by atoms with Crippen LogP contribution in [-0.2, 0) is 11.2 Å². The van der Waals surface area contributed by atoms with Crippen LogP contribution in [0.15, 0.2) is 48.5 Å². The van der Waals surface area contributed by atoms with Gasteiger partial charge in [-0.1, -0.05) is 17.7 Å². The zero-order valence-corrected chi connectivity index (χ0v) is 18.1. The number of ether oxygens (including phenoxy) is 1. The Labute approximate surface area is 177 Å². The number of carbonyl (C=O) groups is 1. The third kappa shape index (κ3) is 4.87. The van der Waals surface area contributed by atoms with E-state index in [2.05, 4.69) is 5.10 Å². The van der Waals surface area contributed by atoms with Gasteiger partial charge in [0.1, 0.15) is 11.6 Å². The van der Waals surface area contributed by atoms with E-state index >= 15 is 0 Å². The van der Waals surface area contributed by atoms with Crippen molar-refractivity contribution in [1.82, 2.24) is 14.7 Å². The Balaban J connectivity index is 1.97. The fourth-order valence-electron chi connectivity index (χ4n) is 3.10. The molecule has 30 heavy (non-hydrogen) atoms. The molecular weight excluding hydrogens is 381 g/mol. The summed E-state index contributed by atoms with van der Waals surface area (Å²) >= 11 is 0. The summed E-state index contributed by atoms with van der Waals surface area (Å²) in [5, 5.41) is 4.63. The number of nitrogens with zero attached hydrogens (tertiary/aromatic N) is 3. The average Bonchev–Trinajstić information content (AvgIpc) is 3.02. The molecule has 0 atom stereocenters. The second-order valence-corrected chi connectivity index (χ2v) is 7.77. The Hall–Kier alpha value is -3.15.